The molecular formula is C12H10N2O2. The van der Waals surface area contributed by atoms with Gasteiger partial charge in [-0.1, -0.05) is 17.3 Å². The van der Waals surface area contributed by atoms with E-state index in [1.165, 1.54) is 0 Å². The lowest BCUT2D eigenvalue weighted by Crippen LogP contribution is -1.78. The van der Waals surface area contributed by atoms with Gasteiger partial charge in [-0.3, -0.25) is 0 Å². The molecule has 16 heavy (non-hydrogen) atoms. The highest BCUT2D eigenvalue weighted by molar-refractivity contribution is 5.93. The number of rotatable bonds is 1. The summed E-state index contributed by atoms with van der Waals surface area (Å²) in [4.78, 5) is 0. The van der Waals surface area contributed by atoms with Crippen LogP contribution in [0.1, 0.15) is 5.76 Å². The topological polar surface area (TPSA) is 65.2 Å². The van der Waals surface area contributed by atoms with Crippen molar-refractivity contribution in [3.8, 4) is 11.3 Å². The highest BCUT2D eigenvalue weighted by Crippen LogP contribution is 2.30. The molecule has 0 radical (unpaired) electrons. The van der Waals surface area contributed by atoms with Gasteiger partial charge in [0, 0.05) is 17.0 Å². The van der Waals surface area contributed by atoms with Crippen molar-refractivity contribution in [1.29, 1.82) is 0 Å². The number of benzene rings is 1. The van der Waals surface area contributed by atoms with Crippen molar-refractivity contribution in [1.82, 2.24) is 5.16 Å². The molecule has 0 aliphatic rings. The number of hydrogen-bond donors (Lipinski definition) is 1. The largest absolute Gasteiger partial charge is 0.461 e. The lowest BCUT2D eigenvalue weighted by atomic mass is 10.1. The monoisotopic (exact) mass is 214 g/mol. The summed E-state index contributed by atoms with van der Waals surface area (Å²) in [5.41, 5.74) is 8.05. The van der Waals surface area contributed by atoms with Gasteiger partial charge < -0.3 is 14.7 Å². The van der Waals surface area contributed by atoms with Crippen molar-refractivity contribution < 1.29 is 8.94 Å². The minimum Gasteiger partial charge on any atom is -0.461 e. The summed E-state index contributed by atoms with van der Waals surface area (Å²) in [6.07, 6.45) is 0. The Morgan fingerprint density at radius 2 is 2.12 bits per heavy atom. The average Bonchev–Trinajstić information content (AvgIpc) is 2.82. The van der Waals surface area contributed by atoms with E-state index in [-0.39, 0.29) is 0 Å². The molecule has 3 aromatic rings. The quantitative estimate of drug-likeness (QED) is 0.676. The zero-order chi connectivity index (χ0) is 11.1. The second-order valence-electron chi connectivity index (χ2n) is 3.69. The van der Waals surface area contributed by atoms with Crippen LogP contribution in [0, 0.1) is 6.92 Å². The third-order valence-corrected chi connectivity index (χ3v) is 2.49. The van der Waals surface area contributed by atoms with Crippen molar-refractivity contribution in [2.24, 2.45) is 0 Å². The molecule has 80 valence electrons. The van der Waals surface area contributed by atoms with Gasteiger partial charge >= 0.3 is 0 Å². The maximum atomic E-state index is 5.55. The van der Waals surface area contributed by atoms with Crippen LogP contribution < -0.4 is 5.73 Å². The summed E-state index contributed by atoms with van der Waals surface area (Å²) in [5, 5.41) is 4.93. The van der Waals surface area contributed by atoms with Gasteiger partial charge in [0.1, 0.15) is 17.0 Å². The number of nitrogens with two attached hydrogens (primary N) is 1. The van der Waals surface area contributed by atoms with Crippen LogP contribution in [-0.2, 0) is 0 Å². The summed E-state index contributed by atoms with van der Waals surface area (Å²) in [7, 11) is 0. The van der Waals surface area contributed by atoms with Gasteiger partial charge in [-0.2, -0.15) is 0 Å². The fourth-order valence-corrected chi connectivity index (χ4v) is 1.83. The Kier molecular flexibility index (Phi) is 1.77. The molecular weight excluding hydrogens is 204 g/mol. The first-order valence-corrected chi connectivity index (χ1v) is 4.96. The minimum absolute atomic E-state index is 0.312. The van der Waals surface area contributed by atoms with Crippen LogP contribution in [0.5, 0.6) is 0 Å². The molecule has 0 fully saturated rings. The van der Waals surface area contributed by atoms with Crippen LogP contribution in [0.25, 0.3) is 22.2 Å². The fraction of sp³-hybridized carbons (Fsp3) is 0.0833. The summed E-state index contributed by atoms with van der Waals surface area (Å²) in [6.45, 7) is 1.92. The number of fused-ring (bicyclic) bond motifs is 1. The second kappa shape index (κ2) is 3.13. The molecule has 0 bridgehead atoms. The minimum atomic E-state index is 0.312. The van der Waals surface area contributed by atoms with E-state index in [0.717, 1.165) is 28.0 Å². The van der Waals surface area contributed by atoms with E-state index in [1.54, 1.807) is 6.07 Å². The normalized spacial score (nSPS) is 11.1. The number of nitrogens with zero attached hydrogens (tertiary/aromatic N) is 1. The molecule has 0 aliphatic carbocycles. The molecule has 3 rings (SSSR count). The molecule has 4 heteroatoms. The van der Waals surface area contributed by atoms with Crippen LogP contribution in [0.2, 0.25) is 0 Å². The zero-order valence-corrected chi connectivity index (χ0v) is 8.73. The molecule has 2 aromatic heterocycles. The van der Waals surface area contributed by atoms with Crippen LogP contribution >= 0.6 is 0 Å². The van der Waals surface area contributed by atoms with Gasteiger partial charge in [0.25, 0.3) is 0 Å². The predicted octanol–water partition coefficient (Wildman–Crippen LogP) is 2.98. The first-order chi connectivity index (χ1) is 7.74. The van der Waals surface area contributed by atoms with Crippen LogP contribution in [0.4, 0.5) is 5.88 Å². The van der Waals surface area contributed by atoms with E-state index < -0.39 is 0 Å². The average molecular weight is 214 g/mol. The smallest absolute Gasteiger partial charge is 0.222 e. The summed E-state index contributed by atoms with van der Waals surface area (Å²) in [6, 6.07) is 9.50. The predicted molar refractivity (Wildman–Crippen MR) is 60.9 cm³/mol. The molecule has 4 nitrogen and oxygen atoms in total. The Labute approximate surface area is 91.6 Å². The number of nitrogen functional groups attached to an aromatic ring is 1. The number of furan rings is 1. The molecule has 0 saturated heterocycles. The van der Waals surface area contributed by atoms with Crippen LogP contribution in [-0.4, -0.2) is 5.16 Å². The van der Waals surface area contributed by atoms with Crippen LogP contribution in [0.3, 0.4) is 0 Å². The van der Waals surface area contributed by atoms with E-state index >= 15 is 0 Å². The van der Waals surface area contributed by atoms with E-state index in [0.29, 0.717) is 5.88 Å². The number of hydrogen-bond acceptors (Lipinski definition) is 4. The van der Waals surface area contributed by atoms with E-state index in [9.17, 15) is 0 Å². The first kappa shape index (κ1) is 9.03. The lowest BCUT2D eigenvalue weighted by molar-refractivity contribution is 0.439. The van der Waals surface area contributed by atoms with Gasteiger partial charge in [0.2, 0.25) is 5.88 Å². The maximum Gasteiger partial charge on any atom is 0.222 e. The van der Waals surface area contributed by atoms with Crippen molar-refractivity contribution >= 4 is 16.9 Å². The number of anilines is 1. The number of aryl methyl sites for hydroxylation is 1. The molecule has 2 heterocycles. The second-order valence-corrected chi connectivity index (χ2v) is 3.69. The Bertz CT molecular complexity index is 652. The van der Waals surface area contributed by atoms with Gasteiger partial charge in [0.05, 0.1) is 0 Å². The first-order valence-electron chi connectivity index (χ1n) is 4.96. The lowest BCUT2D eigenvalue weighted by Gasteiger charge is -1.95. The van der Waals surface area contributed by atoms with E-state index in [2.05, 4.69) is 5.16 Å². The maximum absolute atomic E-state index is 5.55. The molecule has 0 amide bonds. The molecule has 0 unspecified atom stereocenters. The summed E-state index contributed by atoms with van der Waals surface area (Å²) < 4.78 is 10.4. The highest BCUT2D eigenvalue weighted by atomic mass is 16.5. The zero-order valence-electron chi connectivity index (χ0n) is 8.73. The molecule has 2 N–H and O–H groups in total. The van der Waals surface area contributed by atoms with Gasteiger partial charge in [-0.15, -0.1) is 0 Å². The van der Waals surface area contributed by atoms with E-state index in [4.69, 9.17) is 14.7 Å². The number of aromatic nitrogens is 1. The van der Waals surface area contributed by atoms with E-state index in [1.807, 2.05) is 31.2 Å². The Morgan fingerprint density at radius 1 is 1.25 bits per heavy atom. The summed E-state index contributed by atoms with van der Waals surface area (Å²) >= 11 is 0. The van der Waals surface area contributed by atoms with Gasteiger partial charge in [-0.25, -0.2) is 0 Å². The molecule has 0 atom stereocenters. The Morgan fingerprint density at radius 3 is 2.88 bits per heavy atom. The SMILES string of the molecule is Cc1cc2c(-c3cc(N)on3)cccc2o1. The molecule has 0 saturated carbocycles. The Balaban J connectivity index is 2.30. The van der Waals surface area contributed by atoms with Crippen molar-refractivity contribution in [3.05, 3.63) is 36.1 Å². The van der Waals surface area contributed by atoms with Crippen molar-refractivity contribution in [2.45, 2.75) is 6.92 Å². The van der Waals surface area contributed by atoms with Gasteiger partial charge in [-0.05, 0) is 19.1 Å². The molecule has 0 spiro atoms. The highest BCUT2D eigenvalue weighted by Gasteiger charge is 2.10. The van der Waals surface area contributed by atoms with Gasteiger partial charge in [0.15, 0.2) is 0 Å². The molecule has 0 aliphatic heterocycles. The van der Waals surface area contributed by atoms with Crippen molar-refractivity contribution in [2.75, 3.05) is 5.73 Å². The Hall–Kier alpha value is -2.23. The third kappa shape index (κ3) is 1.27. The standard InChI is InChI=1S/C12H10N2O2/c1-7-5-9-8(3-2-4-11(9)15-7)10-6-12(13)16-14-10/h2-6H,13H2,1H3. The fourth-order valence-electron chi connectivity index (χ4n) is 1.83. The summed E-state index contributed by atoms with van der Waals surface area (Å²) in [5.74, 6) is 1.19. The van der Waals surface area contributed by atoms with Crippen LogP contribution in [0.15, 0.2) is 39.3 Å². The van der Waals surface area contributed by atoms with Crippen molar-refractivity contribution in [3.63, 3.8) is 0 Å². The third-order valence-electron chi connectivity index (χ3n) is 2.49. The molecule has 1 aromatic carbocycles.